The van der Waals surface area contributed by atoms with E-state index in [0.29, 0.717) is 18.4 Å². The molecule has 2 heterocycles. The lowest BCUT2D eigenvalue weighted by atomic mass is 10.1. The molecule has 1 aromatic carbocycles. The van der Waals surface area contributed by atoms with Gasteiger partial charge < -0.3 is 9.32 Å². The number of hydrogen-bond donors (Lipinski definition) is 0. The molecule has 0 spiro atoms. The van der Waals surface area contributed by atoms with E-state index in [4.69, 9.17) is 4.42 Å². The zero-order valence-corrected chi connectivity index (χ0v) is 12.3. The normalized spacial score (nSPS) is 15.6. The molecule has 2 aromatic rings. The average molecular weight is 288 g/mol. The van der Waals surface area contributed by atoms with Crippen molar-refractivity contribution in [3.05, 3.63) is 34.3 Å². The van der Waals surface area contributed by atoms with Crippen LogP contribution >= 0.6 is 0 Å². The molecule has 0 saturated carbocycles. The maximum Gasteiger partial charge on any atom is 0.419 e. The minimum Gasteiger partial charge on any atom is -0.408 e. The Morgan fingerprint density at radius 2 is 2.00 bits per heavy atom. The minimum absolute atomic E-state index is 0.232. The molecule has 0 aliphatic carbocycles. The van der Waals surface area contributed by atoms with Gasteiger partial charge in [0.25, 0.3) is 0 Å². The first-order chi connectivity index (χ1) is 10.1. The van der Waals surface area contributed by atoms with E-state index in [2.05, 4.69) is 0 Å². The first-order valence-corrected chi connectivity index (χ1v) is 7.51. The molecular formula is C16H20N2O3. The highest BCUT2D eigenvalue weighted by atomic mass is 16.4. The summed E-state index contributed by atoms with van der Waals surface area (Å²) in [7, 11) is 1.69. The van der Waals surface area contributed by atoms with Crippen LogP contribution in [0.5, 0.6) is 0 Å². The fraction of sp³-hybridized carbons (Fsp3) is 0.500. The Labute approximate surface area is 123 Å². The maximum atomic E-state index is 12.2. The van der Waals surface area contributed by atoms with Gasteiger partial charge >= 0.3 is 5.76 Å². The molecule has 1 fully saturated rings. The topological polar surface area (TPSA) is 55.5 Å². The number of carbonyl (C=O) groups is 1. The third kappa shape index (κ3) is 2.86. The van der Waals surface area contributed by atoms with Crippen LogP contribution in [0.3, 0.4) is 0 Å². The molecule has 0 bridgehead atoms. The molecule has 0 N–H and O–H groups in total. The Kier molecular flexibility index (Phi) is 3.82. The molecule has 1 aromatic heterocycles. The highest BCUT2D eigenvalue weighted by Gasteiger charge is 2.16. The second kappa shape index (κ2) is 5.76. The molecule has 1 aliphatic rings. The van der Waals surface area contributed by atoms with Crippen LogP contribution in [0.2, 0.25) is 0 Å². The first-order valence-electron chi connectivity index (χ1n) is 7.51. The number of carbonyl (C=O) groups excluding carboxylic acids is 1. The van der Waals surface area contributed by atoms with Gasteiger partial charge in [-0.25, -0.2) is 4.79 Å². The van der Waals surface area contributed by atoms with Crippen LogP contribution < -0.4 is 5.76 Å². The van der Waals surface area contributed by atoms with E-state index in [-0.39, 0.29) is 11.7 Å². The van der Waals surface area contributed by atoms with E-state index >= 15 is 0 Å². The van der Waals surface area contributed by atoms with Crippen molar-refractivity contribution in [1.29, 1.82) is 0 Å². The third-order valence-electron chi connectivity index (χ3n) is 4.19. The highest BCUT2D eigenvalue weighted by Crippen LogP contribution is 2.16. The van der Waals surface area contributed by atoms with Gasteiger partial charge in [-0.15, -0.1) is 0 Å². The molecule has 1 saturated heterocycles. The van der Waals surface area contributed by atoms with Gasteiger partial charge in [-0.1, -0.05) is 6.07 Å². The van der Waals surface area contributed by atoms with Crippen molar-refractivity contribution < 1.29 is 9.21 Å². The third-order valence-corrected chi connectivity index (χ3v) is 4.19. The van der Waals surface area contributed by atoms with E-state index in [1.807, 2.05) is 17.0 Å². The lowest BCUT2D eigenvalue weighted by Crippen LogP contribution is -2.35. The van der Waals surface area contributed by atoms with Gasteiger partial charge in [-0.3, -0.25) is 9.36 Å². The Morgan fingerprint density at radius 1 is 1.24 bits per heavy atom. The summed E-state index contributed by atoms with van der Waals surface area (Å²) < 4.78 is 6.60. The summed E-state index contributed by atoms with van der Waals surface area (Å²) in [6, 6.07) is 5.66. The van der Waals surface area contributed by atoms with Gasteiger partial charge in [0.1, 0.15) is 0 Å². The standard InChI is InChI=1S/C16H20N2O3/c1-17-13-11-12(5-7-14(13)21-16(17)20)6-8-15(19)18-9-3-2-4-10-18/h5,7,11H,2-4,6,8-10H2,1H3. The summed E-state index contributed by atoms with van der Waals surface area (Å²) >= 11 is 0. The van der Waals surface area contributed by atoms with Crippen LogP contribution in [0.1, 0.15) is 31.2 Å². The Morgan fingerprint density at radius 3 is 2.76 bits per heavy atom. The zero-order valence-electron chi connectivity index (χ0n) is 12.3. The number of amides is 1. The van der Waals surface area contributed by atoms with Crippen LogP contribution in [0, 0.1) is 0 Å². The van der Waals surface area contributed by atoms with Crippen LogP contribution in [0.4, 0.5) is 0 Å². The summed E-state index contributed by atoms with van der Waals surface area (Å²) in [6.45, 7) is 1.79. The average Bonchev–Trinajstić information content (AvgIpc) is 2.80. The van der Waals surface area contributed by atoms with E-state index in [1.54, 1.807) is 13.1 Å². The number of benzene rings is 1. The molecule has 5 nitrogen and oxygen atoms in total. The number of oxazole rings is 1. The number of rotatable bonds is 3. The molecule has 3 rings (SSSR count). The van der Waals surface area contributed by atoms with Crippen molar-refractivity contribution in [3.63, 3.8) is 0 Å². The summed E-state index contributed by atoms with van der Waals surface area (Å²) in [6.07, 6.45) is 4.70. The molecule has 5 heteroatoms. The van der Waals surface area contributed by atoms with Crippen molar-refractivity contribution in [2.24, 2.45) is 7.05 Å². The molecule has 1 amide bonds. The van der Waals surface area contributed by atoms with E-state index < -0.39 is 0 Å². The number of likely N-dealkylation sites (tertiary alicyclic amines) is 1. The maximum absolute atomic E-state index is 12.2. The minimum atomic E-state index is -0.355. The molecule has 0 radical (unpaired) electrons. The molecule has 0 atom stereocenters. The van der Waals surface area contributed by atoms with Gasteiger partial charge in [-0.2, -0.15) is 0 Å². The van der Waals surface area contributed by atoms with Crippen molar-refractivity contribution >= 4 is 17.0 Å². The molecule has 21 heavy (non-hydrogen) atoms. The number of hydrogen-bond acceptors (Lipinski definition) is 3. The van der Waals surface area contributed by atoms with E-state index in [1.165, 1.54) is 11.0 Å². The predicted molar refractivity (Wildman–Crippen MR) is 80.2 cm³/mol. The lowest BCUT2D eigenvalue weighted by molar-refractivity contribution is -0.132. The van der Waals surface area contributed by atoms with Gasteiger partial charge in [0, 0.05) is 26.6 Å². The van der Waals surface area contributed by atoms with Crippen molar-refractivity contribution in [3.8, 4) is 0 Å². The second-order valence-electron chi connectivity index (χ2n) is 5.67. The molecule has 1 aliphatic heterocycles. The summed E-state index contributed by atoms with van der Waals surface area (Å²) in [5.74, 6) is -0.123. The number of piperidine rings is 1. The van der Waals surface area contributed by atoms with Crippen LogP contribution in [0.15, 0.2) is 27.4 Å². The Balaban J connectivity index is 1.68. The van der Waals surface area contributed by atoms with E-state index in [0.717, 1.165) is 37.0 Å². The van der Waals surface area contributed by atoms with Gasteiger partial charge in [-0.05, 0) is 43.4 Å². The summed E-state index contributed by atoms with van der Waals surface area (Å²) in [5.41, 5.74) is 2.43. The SMILES string of the molecule is Cn1c(=O)oc2ccc(CCC(=O)N3CCCCC3)cc21. The Hall–Kier alpha value is -2.04. The quantitative estimate of drug-likeness (QED) is 0.869. The lowest BCUT2D eigenvalue weighted by Gasteiger charge is -2.26. The van der Waals surface area contributed by atoms with Crippen LogP contribution in [-0.4, -0.2) is 28.5 Å². The van der Waals surface area contributed by atoms with Crippen molar-refractivity contribution in [1.82, 2.24) is 9.47 Å². The van der Waals surface area contributed by atoms with Gasteiger partial charge in [0.15, 0.2) is 5.58 Å². The fourth-order valence-corrected chi connectivity index (χ4v) is 2.88. The smallest absolute Gasteiger partial charge is 0.408 e. The number of nitrogens with zero attached hydrogens (tertiary/aromatic N) is 2. The number of aromatic nitrogens is 1. The number of aryl methyl sites for hydroxylation is 2. The fourth-order valence-electron chi connectivity index (χ4n) is 2.88. The summed E-state index contributed by atoms with van der Waals surface area (Å²) in [5, 5.41) is 0. The van der Waals surface area contributed by atoms with Crippen LogP contribution in [0.25, 0.3) is 11.1 Å². The number of fused-ring (bicyclic) bond motifs is 1. The second-order valence-corrected chi connectivity index (χ2v) is 5.67. The molecule has 112 valence electrons. The molecule has 0 unspecified atom stereocenters. The van der Waals surface area contributed by atoms with Crippen LogP contribution in [-0.2, 0) is 18.3 Å². The zero-order chi connectivity index (χ0) is 14.8. The van der Waals surface area contributed by atoms with Crippen molar-refractivity contribution in [2.45, 2.75) is 32.1 Å². The van der Waals surface area contributed by atoms with Crippen molar-refractivity contribution in [2.75, 3.05) is 13.1 Å². The van der Waals surface area contributed by atoms with Gasteiger partial charge in [0.2, 0.25) is 5.91 Å². The predicted octanol–water partition coefficient (Wildman–Crippen LogP) is 2.08. The monoisotopic (exact) mass is 288 g/mol. The first kappa shape index (κ1) is 13.9. The molecular weight excluding hydrogens is 268 g/mol. The largest absolute Gasteiger partial charge is 0.419 e. The van der Waals surface area contributed by atoms with Gasteiger partial charge in [0.05, 0.1) is 5.52 Å². The van der Waals surface area contributed by atoms with E-state index in [9.17, 15) is 9.59 Å². The Bertz CT molecular complexity index is 708. The highest BCUT2D eigenvalue weighted by molar-refractivity contribution is 5.77. The summed E-state index contributed by atoms with van der Waals surface area (Å²) in [4.78, 5) is 25.6.